The molecule has 0 unspecified atom stereocenters. The quantitative estimate of drug-likeness (QED) is 0.0287. The van der Waals surface area contributed by atoms with Crippen LogP contribution in [0, 0.1) is 11.3 Å². The van der Waals surface area contributed by atoms with E-state index in [1.165, 1.54) is 12.3 Å². The van der Waals surface area contributed by atoms with Crippen LogP contribution >= 0.6 is 0 Å². The minimum Gasteiger partial charge on any atom is -0.480 e. The summed E-state index contributed by atoms with van der Waals surface area (Å²) in [6.07, 6.45) is 1.70. The number of aromatic nitrogens is 1. The molecule has 2 atom stereocenters. The number of carbonyl (C=O) groups excluding carboxylic acids is 6. The van der Waals surface area contributed by atoms with E-state index in [9.17, 15) is 72.5 Å². The molecule has 97 heavy (non-hydrogen) atoms. The summed E-state index contributed by atoms with van der Waals surface area (Å²) < 4.78 is 61.3. The molecule has 6 rings (SSSR count). The van der Waals surface area contributed by atoms with Gasteiger partial charge in [-0.3, -0.25) is 67.7 Å². The van der Waals surface area contributed by atoms with Crippen LogP contribution in [0.1, 0.15) is 52.8 Å². The fourth-order valence-corrected chi connectivity index (χ4v) is 10.6. The van der Waals surface area contributed by atoms with Crippen molar-refractivity contribution in [3.8, 4) is 6.07 Å². The first-order valence-corrected chi connectivity index (χ1v) is 32.2. The number of aliphatic carboxylic acids is 3. The Bertz CT molecular complexity index is 3240. The summed E-state index contributed by atoms with van der Waals surface area (Å²) in [6.45, 7) is 4.09. The molecule has 0 bridgehead atoms. The predicted molar refractivity (Wildman–Crippen MR) is 347 cm³/mol. The molecule has 2 fully saturated rings. The zero-order valence-corrected chi connectivity index (χ0v) is 54.3. The molecule has 2 saturated heterocycles. The van der Waals surface area contributed by atoms with Crippen molar-refractivity contribution in [3.05, 3.63) is 84.1 Å². The Morgan fingerprint density at radius 2 is 1.06 bits per heavy atom. The number of anilines is 1. The molecule has 3 heterocycles. The number of nitriles is 1. The first-order chi connectivity index (χ1) is 46.8. The van der Waals surface area contributed by atoms with Crippen LogP contribution in [0.25, 0.3) is 21.7 Å². The second kappa shape index (κ2) is 42.2. The molecule has 4 aromatic rings. The molecule has 0 spiro atoms. The molecule has 32 heteroatoms. The van der Waals surface area contributed by atoms with Crippen LogP contribution in [0.15, 0.2) is 72.9 Å². The van der Waals surface area contributed by atoms with E-state index in [-0.39, 0.29) is 140 Å². The second-order valence-corrected chi connectivity index (χ2v) is 22.9. The minimum absolute atomic E-state index is 0.00194. The van der Waals surface area contributed by atoms with E-state index in [4.69, 9.17) is 28.4 Å². The lowest BCUT2D eigenvalue weighted by Crippen LogP contribution is -2.50. The fourth-order valence-electron chi connectivity index (χ4n) is 10.6. The van der Waals surface area contributed by atoms with E-state index in [0.29, 0.717) is 102 Å². The third-order valence-corrected chi connectivity index (χ3v) is 15.6. The van der Waals surface area contributed by atoms with Gasteiger partial charge in [0.15, 0.2) is 0 Å². The van der Waals surface area contributed by atoms with Crippen LogP contribution in [-0.4, -0.2) is 300 Å². The summed E-state index contributed by atoms with van der Waals surface area (Å²) in [5, 5.41) is 53.2. The van der Waals surface area contributed by atoms with Crippen LogP contribution in [0.2, 0.25) is 0 Å². The Morgan fingerprint density at radius 1 is 0.567 bits per heavy atom. The average Bonchev–Trinajstić information content (AvgIpc) is 1.46. The third kappa shape index (κ3) is 28.6. The Kier molecular flexibility index (Phi) is 33.8. The van der Waals surface area contributed by atoms with Gasteiger partial charge in [-0.2, -0.15) is 5.26 Å². The average molecular weight is 1360 g/mol. The highest BCUT2D eigenvalue weighted by Gasteiger charge is 2.47. The highest BCUT2D eigenvalue weighted by atomic mass is 19.3. The lowest BCUT2D eigenvalue weighted by Gasteiger charge is -2.32. The number of benzene rings is 3. The van der Waals surface area contributed by atoms with Gasteiger partial charge in [0, 0.05) is 95.4 Å². The molecule has 530 valence electrons. The standard InChI is InChI=1S/C65H88F2N12O18/c66-65(67)39-48(40-68)79(46-65)57(82)41-72-62(89)52-14-17-71-61-50(52)10-6-13-53(61)73-64(91)54(74-63(90)51-11-5-8-47-7-1-2-9-49(47)51)12-3-4-16-69-55(80)15-27-92-29-31-94-33-35-96-37-38-97-36-34-95-32-30-93-28-18-70-56(81)42-75-19-21-76(43-58(83)84)23-25-78(45-60(87)88)26-24-77(22-20-75)44-59(85)86/h1-2,5-11,13-14,17,48,54H,3-4,12,15-16,18-39,41-46H2,(H,69,80)(H,70,81)(H,72,89)(H,73,91)(H,74,90)(H,83,84)(H,85,86)(H,87,88)/t48-,54+/m1/s1. The maximum Gasteiger partial charge on any atom is 0.317 e. The monoisotopic (exact) mass is 1360 g/mol. The maximum absolute atomic E-state index is 14.1. The molecule has 0 radical (unpaired) electrons. The van der Waals surface area contributed by atoms with Gasteiger partial charge in [0.2, 0.25) is 23.6 Å². The second-order valence-electron chi connectivity index (χ2n) is 22.9. The summed E-state index contributed by atoms with van der Waals surface area (Å²) in [5.41, 5.74) is 0.870. The number of nitrogens with one attached hydrogen (secondary N) is 5. The van der Waals surface area contributed by atoms with Crippen molar-refractivity contribution in [2.24, 2.45) is 0 Å². The topological polar surface area (TPSA) is 383 Å². The zero-order valence-electron chi connectivity index (χ0n) is 54.3. The smallest absolute Gasteiger partial charge is 0.317 e. The number of rotatable bonds is 41. The number of pyridine rings is 1. The van der Waals surface area contributed by atoms with Crippen LogP contribution in [0.5, 0.6) is 0 Å². The maximum atomic E-state index is 14.1. The van der Waals surface area contributed by atoms with Crippen molar-refractivity contribution in [2.75, 3.05) is 189 Å². The van der Waals surface area contributed by atoms with Gasteiger partial charge in [0.1, 0.15) is 12.1 Å². The van der Waals surface area contributed by atoms with Crippen molar-refractivity contribution in [1.82, 2.24) is 50.8 Å². The predicted octanol–water partition coefficient (Wildman–Crippen LogP) is 0.982. The Hall–Kier alpha value is -8.49. The number of hydrogen-bond acceptors (Lipinski definition) is 21. The molecule has 8 N–H and O–H groups in total. The zero-order chi connectivity index (χ0) is 69.8. The Labute approximate surface area is 560 Å². The molecule has 2 aliphatic heterocycles. The van der Waals surface area contributed by atoms with Gasteiger partial charge in [0.25, 0.3) is 17.7 Å². The van der Waals surface area contributed by atoms with Crippen molar-refractivity contribution in [2.45, 2.75) is 50.1 Å². The van der Waals surface area contributed by atoms with Crippen molar-refractivity contribution < 1.29 is 95.7 Å². The number of para-hydroxylation sites is 1. The van der Waals surface area contributed by atoms with E-state index in [0.717, 1.165) is 10.3 Å². The number of nitrogens with zero attached hydrogens (tertiary/aromatic N) is 7. The van der Waals surface area contributed by atoms with E-state index in [1.807, 2.05) is 29.2 Å². The van der Waals surface area contributed by atoms with Gasteiger partial charge >= 0.3 is 17.9 Å². The number of alkyl halides is 2. The number of carboxylic acids is 3. The van der Waals surface area contributed by atoms with Crippen molar-refractivity contribution in [1.29, 1.82) is 5.26 Å². The number of hydrogen-bond donors (Lipinski definition) is 8. The highest BCUT2D eigenvalue weighted by molar-refractivity contribution is 6.12. The Balaban J connectivity index is 0.784. The molecule has 2 aliphatic rings. The molecule has 1 aromatic heterocycles. The Morgan fingerprint density at radius 3 is 1.63 bits per heavy atom. The summed E-state index contributed by atoms with van der Waals surface area (Å²) in [4.78, 5) is 126. The van der Waals surface area contributed by atoms with E-state index in [1.54, 1.807) is 57.2 Å². The van der Waals surface area contributed by atoms with Gasteiger partial charge in [-0.1, -0.05) is 48.5 Å². The molecular weight excluding hydrogens is 1270 g/mol. The molecule has 0 saturated carbocycles. The SMILES string of the molecule is N#C[C@H]1CC(F)(F)CN1C(=O)CNC(=O)c1ccnc2c(NC(=O)[C@H](CCCCNC(=O)CCOCCOCCOCCOCCOCCOCCNC(=O)CN3CCN(CC(=O)O)CCN(CC(=O)O)CCN(CC(=O)O)CC3)NC(=O)c3cccc4ccccc34)cccc12. The van der Waals surface area contributed by atoms with E-state index < -0.39 is 79.1 Å². The number of amides is 6. The van der Waals surface area contributed by atoms with Crippen LogP contribution in [-0.2, 0) is 62.0 Å². The van der Waals surface area contributed by atoms with Crippen molar-refractivity contribution in [3.63, 3.8) is 0 Å². The summed E-state index contributed by atoms with van der Waals surface area (Å²) >= 11 is 0. The third-order valence-electron chi connectivity index (χ3n) is 15.6. The number of unbranched alkanes of at least 4 members (excludes halogenated alkanes) is 1. The number of carboxylic acid groups (broad SMARTS) is 3. The molecule has 30 nitrogen and oxygen atoms in total. The molecular formula is C65H88F2N12O18. The number of fused-ring (bicyclic) bond motifs is 2. The number of carbonyl (C=O) groups is 9. The van der Waals surface area contributed by atoms with Gasteiger partial charge in [-0.25, -0.2) is 8.78 Å². The first kappa shape index (κ1) is 77.5. The summed E-state index contributed by atoms with van der Waals surface area (Å²) in [7, 11) is 0. The number of halogens is 2. The largest absolute Gasteiger partial charge is 0.480 e. The van der Waals surface area contributed by atoms with E-state index >= 15 is 0 Å². The highest BCUT2D eigenvalue weighted by Crippen LogP contribution is 2.32. The van der Waals surface area contributed by atoms with Crippen LogP contribution in [0.3, 0.4) is 0 Å². The summed E-state index contributed by atoms with van der Waals surface area (Å²) in [6, 6.07) is 18.1. The fraction of sp³-hybridized carbons (Fsp3) is 0.554. The van der Waals surface area contributed by atoms with E-state index in [2.05, 4.69) is 31.6 Å². The number of ether oxygens (including phenoxy) is 6. The first-order valence-electron chi connectivity index (χ1n) is 32.2. The van der Waals surface area contributed by atoms with Gasteiger partial charge in [-0.15, -0.1) is 0 Å². The molecule has 0 aliphatic carbocycles. The minimum atomic E-state index is -3.23. The van der Waals surface area contributed by atoms with Gasteiger partial charge < -0.3 is 75.2 Å². The van der Waals surface area contributed by atoms with Crippen LogP contribution < -0.4 is 26.6 Å². The van der Waals surface area contributed by atoms with Crippen LogP contribution in [0.4, 0.5) is 14.5 Å². The van der Waals surface area contributed by atoms with Crippen molar-refractivity contribution >= 4 is 80.7 Å². The lowest BCUT2D eigenvalue weighted by atomic mass is 10.0. The normalized spacial score (nSPS) is 16.1. The lowest BCUT2D eigenvalue weighted by molar-refractivity contribution is -0.140. The molecule has 6 amide bonds. The summed E-state index contributed by atoms with van der Waals surface area (Å²) in [5.74, 6) is -9.48. The molecule has 3 aromatic carbocycles. The number of likely N-dealkylation sites (tertiary alicyclic amines) is 1. The van der Waals surface area contributed by atoms with Gasteiger partial charge in [0.05, 0.1) is 141 Å². The van der Waals surface area contributed by atoms with Gasteiger partial charge in [-0.05, 0) is 48.2 Å².